The highest BCUT2D eigenvalue weighted by Gasteiger charge is 2.40. The Hall–Kier alpha value is -0.870. The van der Waals surface area contributed by atoms with E-state index in [0.29, 0.717) is 22.8 Å². The van der Waals surface area contributed by atoms with E-state index in [1.54, 1.807) is 6.07 Å². The maximum absolute atomic E-state index is 12.3. The van der Waals surface area contributed by atoms with Gasteiger partial charge in [-0.3, -0.25) is 0 Å². The van der Waals surface area contributed by atoms with Crippen molar-refractivity contribution >= 4 is 9.84 Å². The second-order valence-electron chi connectivity index (χ2n) is 6.52. The van der Waals surface area contributed by atoms with Gasteiger partial charge in [0.25, 0.3) is 0 Å². The van der Waals surface area contributed by atoms with E-state index in [9.17, 15) is 8.42 Å². The fraction of sp³-hybridized carbons (Fsp3) is 0.625. The van der Waals surface area contributed by atoms with Gasteiger partial charge >= 0.3 is 0 Å². The van der Waals surface area contributed by atoms with E-state index in [0.717, 1.165) is 12.1 Å². The van der Waals surface area contributed by atoms with Gasteiger partial charge in [0.1, 0.15) is 0 Å². The number of hydrogen-bond acceptors (Lipinski definition) is 3. The van der Waals surface area contributed by atoms with Gasteiger partial charge in [0.2, 0.25) is 0 Å². The summed E-state index contributed by atoms with van der Waals surface area (Å²) in [6.07, 6.45) is 2.54. The molecule has 0 bridgehead atoms. The average molecular weight is 293 g/mol. The van der Waals surface area contributed by atoms with Crippen LogP contribution in [0, 0.1) is 11.8 Å². The number of nitrogens with one attached hydrogen (secondary N) is 1. The van der Waals surface area contributed by atoms with Crippen LogP contribution in [0.2, 0.25) is 0 Å². The zero-order valence-electron chi connectivity index (χ0n) is 12.2. The summed E-state index contributed by atoms with van der Waals surface area (Å²) in [5.74, 6) is 1.28. The van der Waals surface area contributed by atoms with Gasteiger partial charge in [-0.05, 0) is 42.9 Å². The molecule has 0 radical (unpaired) electrons. The average Bonchev–Trinajstić information content (AvgIpc) is 3.17. The second-order valence-corrected chi connectivity index (χ2v) is 8.52. The van der Waals surface area contributed by atoms with Crippen LogP contribution in [0.3, 0.4) is 0 Å². The van der Waals surface area contributed by atoms with Crippen LogP contribution < -0.4 is 5.32 Å². The Kier molecular flexibility index (Phi) is 3.63. The molecule has 1 aromatic rings. The molecule has 2 unspecified atom stereocenters. The summed E-state index contributed by atoms with van der Waals surface area (Å²) in [4.78, 5) is 0.557. The fourth-order valence-corrected chi connectivity index (χ4v) is 5.22. The molecule has 1 saturated carbocycles. The van der Waals surface area contributed by atoms with Crippen molar-refractivity contribution in [1.29, 1.82) is 0 Å². The zero-order chi connectivity index (χ0) is 14.3. The van der Waals surface area contributed by atoms with Gasteiger partial charge in [-0.1, -0.05) is 32.0 Å². The van der Waals surface area contributed by atoms with Crippen LogP contribution in [0.25, 0.3) is 0 Å². The highest BCUT2D eigenvalue weighted by atomic mass is 32.2. The van der Waals surface area contributed by atoms with E-state index in [1.807, 2.05) is 18.2 Å². The molecule has 1 fully saturated rings. The Morgan fingerprint density at radius 1 is 1.25 bits per heavy atom. The van der Waals surface area contributed by atoms with E-state index in [2.05, 4.69) is 19.2 Å². The third-order valence-corrected chi connectivity index (χ3v) is 6.49. The summed E-state index contributed by atoms with van der Waals surface area (Å²) in [6, 6.07) is 8.21. The van der Waals surface area contributed by atoms with E-state index in [4.69, 9.17) is 0 Å². The summed E-state index contributed by atoms with van der Waals surface area (Å²) in [6.45, 7) is 5.33. The predicted octanol–water partition coefficient (Wildman–Crippen LogP) is 2.58. The molecule has 2 atom stereocenters. The van der Waals surface area contributed by atoms with Crippen molar-refractivity contribution in [1.82, 2.24) is 5.32 Å². The number of fused-ring (bicyclic) bond motifs is 1. The van der Waals surface area contributed by atoms with Crippen LogP contribution in [0.15, 0.2) is 29.2 Å². The lowest BCUT2D eigenvalue weighted by molar-refractivity contribution is 0.317. The van der Waals surface area contributed by atoms with Crippen molar-refractivity contribution < 1.29 is 8.42 Å². The molecule has 1 heterocycles. The van der Waals surface area contributed by atoms with Crippen LogP contribution in [-0.4, -0.2) is 26.8 Å². The minimum absolute atomic E-state index is 0.141. The second kappa shape index (κ2) is 5.15. The Labute approximate surface area is 121 Å². The van der Waals surface area contributed by atoms with Crippen molar-refractivity contribution in [3.63, 3.8) is 0 Å². The molecule has 1 aromatic carbocycles. The molecule has 0 saturated heterocycles. The van der Waals surface area contributed by atoms with Crippen LogP contribution in [0.1, 0.15) is 38.2 Å². The van der Waals surface area contributed by atoms with E-state index < -0.39 is 9.84 Å². The molecule has 1 aliphatic heterocycles. The monoisotopic (exact) mass is 293 g/mol. The highest BCUT2D eigenvalue weighted by Crippen LogP contribution is 2.41. The molecule has 2 aliphatic rings. The summed E-state index contributed by atoms with van der Waals surface area (Å²) < 4.78 is 24.6. The van der Waals surface area contributed by atoms with Gasteiger partial charge in [-0.25, -0.2) is 8.42 Å². The molecule has 3 rings (SSSR count). The molecule has 20 heavy (non-hydrogen) atoms. The maximum atomic E-state index is 12.3. The lowest BCUT2D eigenvalue weighted by Crippen LogP contribution is -2.32. The summed E-state index contributed by atoms with van der Waals surface area (Å²) in [5, 5.41) is 3.58. The Bertz CT molecular complexity index is 590. The van der Waals surface area contributed by atoms with Gasteiger partial charge in [0, 0.05) is 12.0 Å². The van der Waals surface area contributed by atoms with E-state index in [-0.39, 0.29) is 11.7 Å². The summed E-state index contributed by atoms with van der Waals surface area (Å²) in [5.41, 5.74) is 1.03. The zero-order valence-corrected chi connectivity index (χ0v) is 13.0. The van der Waals surface area contributed by atoms with Crippen molar-refractivity contribution in [2.75, 3.05) is 12.3 Å². The topological polar surface area (TPSA) is 46.2 Å². The third kappa shape index (κ3) is 2.63. The maximum Gasteiger partial charge on any atom is 0.179 e. The summed E-state index contributed by atoms with van der Waals surface area (Å²) in [7, 11) is -3.08. The Balaban J connectivity index is 1.88. The first kappa shape index (κ1) is 14.1. The fourth-order valence-electron chi connectivity index (χ4n) is 3.27. The Morgan fingerprint density at radius 3 is 2.60 bits per heavy atom. The minimum Gasteiger partial charge on any atom is -0.314 e. The number of sulfone groups is 1. The van der Waals surface area contributed by atoms with Gasteiger partial charge in [-0.2, -0.15) is 0 Å². The highest BCUT2D eigenvalue weighted by molar-refractivity contribution is 7.91. The molecule has 1 N–H and O–H groups in total. The normalized spacial score (nSPS) is 25.6. The molecule has 0 aromatic heterocycles. The number of benzene rings is 1. The van der Waals surface area contributed by atoms with Crippen LogP contribution in [0.4, 0.5) is 0 Å². The van der Waals surface area contributed by atoms with Crippen molar-refractivity contribution in [2.24, 2.45) is 11.8 Å². The van der Waals surface area contributed by atoms with Gasteiger partial charge in [0.15, 0.2) is 9.84 Å². The predicted molar refractivity (Wildman–Crippen MR) is 80.6 cm³/mol. The molecule has 110 valence electrons. The first-order valence-electron chi connectivity index (χ1n) is 7.54. The minimum atomic E-state index is -3.08. The molecule has 1 aliphatic carbocycles. The lowest BCUT2D eigenvalue weighted by Gasteiger charge is -2.27. The molecular weight excluding hydrogens is 270 g/mol. The number of hydrogen-bond donors (Lipinski definition) is 1. The van der Waals surface area contributed by atoms with Crippen LogP contribution >= 0.6 is 0 Å². The molecule has 4 heteroatoms. The Morgan fingerprint density at radius 2 is 1.95 bits per heavy atom. The number of rotatable bonds is 5. The third-order valence-electron chi connectivity index (χ3n) is 4.65. The molecular formula is C16H23NO2S. The van der Waals surface area contributed by atoms with Crippen molar-refractivity contribution in [2.45, 2.75) is 43.5 Å². The SMILES string of the molecule is CC(C)C(CNC1CC1)C1CS(=O)(=O)c2ccccc21. The van der Waals surface area contributed by atoms with Gasteiger partial charge < -0.3 is 5.32 Å². The van der Waals surface area contributed by atoms with Crippen LogP contribution in [-0.2, 0) is 9.84 Å². The van der Waals surface area contributed by atoms with Gasteiger partial charge in [0.05, 0.1) is 10.6 Å². The standard InChI is InChI=1S/C16H23NO2S/c1-11(2)14(9-17-12-7-8-12)15-10-20(18,19)16-6-4-3-5-13(15)16/h3-6,11-12,14-15,17H,7-10H2,1-2H3. The largest absolute Gasteiger partial charge is 0.314 e. The molecule has 3 nitrogen and oxygen atoms in total. The quantitative estimate of drug-likeness (QED) is 0.907. The van der Waals surface area contributed by atoms with Gasteiger partial charge in [-0.15, -0.1) is 0 Å². The van der Waals surface area contributed by atoms with Crippen molar-refractivity contribution in [3.8, 4) is 0 Å². The summed E-state index contributed by atoms with van der Waals surface area (Å²) >= 11 is 0. The van der Waals surface area contributed by atoms with Crippen LogP contribution in [0.5, 0.6) is 0 Å². The molecule has 0 amide bonds. The van der Waals surface area contributed by atoms with Crippen molar-refractivity contribution in [3.05, 3.63) is 29.8 Å². The smallest absolute Gasteiger partial charge is 0.179 e. The van der Waals surface area contributed by atoms with E-state index in [1.165, 1.54) is 12.8 Å². The first-order valence-corrected chi connectivity index (χ1v) is 9.19. The first-order chi connectivity index (χ1) is 9.49. The molecule has 0 spiro atoms. The lowest BCUT2D eigenvalue weighted by atomic mass is 9.80. The van der Waals surface area contributed by atoms with E-state index >= 15 is 0 Å².